The molecule has 0 fully saturated rings. The zero-order chi connectivity index (χ0) is 21.0. The molecule has 2 rings (SSSR count). The van der Waals surface area contributed by atoms with Gasteiger partial charge in [-0.05, 0) is 48.7 Å². The first kappa shape index (κ1) is 27.2. The molecule has 0 aliphatic rings. The number of ether oxygens (including phenoxy) is 1. The first-order valence-electron chi connectivity index (χ1n) is 10.8. The molecule has 160 valence electrons. The van der Waals surface area contributed by atoms with Crippen molar-refractivity contribution in [3.05, 3.63) is 54.1 Å². The quantitative estimate of drug-likeness (QED) is 0.254. The van der Waals surface area contributed by atoms with Crippen LogP contribution in [0.4, 0.5) is 0 Å². The standard InChI is InChI=1S/C24H34O4S.Na/c1-2-3-4-5-6-7-8-9-10-11-14-21-15-12-16-22(19-21)28-23-17-13-18-24(20-23)29(25,26)27;/h12-13,15-20H,2-11,14H2,1H3,(H,25,26,27);/q;+1/p-1. The molecule has 0 unspecified atom stereocenters. The summed E-state index contributed by atoms with van der Waals surface area (Å²) in [5, 5.41) is 0. The summed E-state index contributed by atoms with van der Waals surface area (Å²) >= 11 is 0. The van der Waals surface area contributed by atoms with Crippen LogP contribution in [0.5, 0.6) is 11.5 Å². The zero-order valence-electron chi connectivity index (χ0n) is 18.4. The van der Waals surface area contributed by atoms with Gasteiger partial charge >= 0.3 is 29.6 Å². The van der Waals surface area contributed by atoms with Crippen LogP contribution in [0.3, 0.4) is 0 Å². The van der Waals surface area contributed by atoms with E-state index in [1.165, 1.54) is 81.5 Å². The van der Waals surface area contributed by atoms with Gasteiger partial charge in [-0.25, -0.2) is 8.42 Å². The van der Waals surface area contributed by atoms with Crippen molar-refractivity contribution in [2.45, 2.75) is 82.4 Å². The molecule has 2 aromatic rings. The fourth-order valence-electron chi connectivity index (χ4n) is 3.41. The van der Waals surface area contributed by atoms with Crippen LogP contribution >= 0.6 is 0 Å². The minimum Gasteiger partial charge on any atom is -0.744 e. The molecule has 0 aliphatic carbocycles. The van der Waals surface area contributed by atoms with E-state index in [0.717, 1.165) is 12.8 Å². The minimum absolute atomic E-state index is 0. The van der Waals surface area contributed by atoms with E-state index in [4.69, 9.17) is 4.74 Å². The Morgan fingerprint density at radius 1 is 0.767 bits per heavy atom. The van der Waals surface area contributed by atoms with Crippen LogP contribution in [-0.2, 0) is 16.5 Å². The molecule has 4 nitrogen and oxygen atoms in total. The molecule has 30 heavy (non-hydrogen) atoms. The van der Waals surface area contributed by atoms with E-state index in [1.807, 2.05) is 18.2 Å². The van der Waals surface area contributed by atoms with E-state index < -0.39 is 10.1 Å². The first-order valence-corrected chi connectivity index (χ1v) is 12.2. The molecule has 0 aromatic heterocycles. The average molecular weight is 441 g/mol. The van der Waals surface area contributed by atoms with E-state index in [2.05, 4.69) is 13.0 Å². The van der Waals surface area contributed by atoms with Crippen molar-refractivity contribution in [3.63, 3.8) is 0 Å². The van der Waals surface area contributed by atoms with Crippen LogP contribution in [0.15, 0.2) is 53.4 Å². The van der Waals surface area contributed by atoms with Crippen LogP contribution in [-0.4, -0.2) is 13.0 Å². The maximum atomic E-state index is 11.2. The van der Waals surface area contributed by atoms with Gasteiger partial charge in [0, 0.05) is 0 Å². The molecule has 0 amide bonds. The summed E-state index contributed by atoms with van der Waals surface area (Å²) in [7, 11) is -4.48. The molecule has 0 spiro atoms. The van der Waals surface area contributed by atoms with E-state index >= 15 is 0 Å². The van der Waals surface area contributed by atoms with E-state index in [9.17, 15) is 13.0 Å². The Bertz CT molecular complexity index is 837. The van der Waals surface area contributed by atoms with Gasteiger partial charge in [0.05, 0.1) is 4.90 Å². The second-order valence-corrected chi connectivity index (χ2v) is 8.99. The third kappa shape index (κ3) is 11.0. The summed E-state index contributed by atoms with van der Waals surface area (Å²) in [6.45, 7) is 2.25. The molecule has 0 N–H and O–H groups in total. The molecular formula is C24H33NaO4S. The van der Waals surface area contributed by atoms with Crippen LogP contribution in [0.25, 0.3) is 0 Å². The van der Waals surface area contributed by atoms with Gasteiger partial charge in [-0.15, -0.1) is 0 Å². The number of rotatable bonds is 14. The Kier molecular flexibility index (Phi) is 13.6. The Morgan fingerprint density at radius 2 is 1.30 bits per heavy atom. The zero-order valence-corrected chi connectivity index (χ0v) is 21.3. The Morgan fingerprint density at radius 3 is 1.90 bits per heavy atom. The maximum absolute atomic E-state index is 11.2. The first-order chi connectivity index (χ1) is 14.0. The van der Waals surface area contributed by atoms with Crippen molar-refractivity contribution in [1.82, 2.24) is 0 Å². The smallest absolute Gasteiger partial charge is 0.744 e. The van der Waals surface area contributed by atoms with Crippen LogP contribution < -0.4 is 34.3 Å². The van der Waals surface area contributed by atoms with Gasteiger partial charge in [0.25, 0.3) is 0 Å². The largest absolute Gasteiger partial charge is 1.00 e. The molecule has 0 bridgehead atoms. The summed E-state index contributed by atoms with van der Waals surface area (Å²) in [4.78, 5) is -0.281. The molecule has 0 atom stereocenters. The summed E-state index contributed by atoms with van der Waals surface area (Å²) in [5.41, 5.74) is 1.20. The fourth-order valence-corrected chi connectivity index (χ4v) is 3.92. The van der Waals surface area contributed by atoms with Crippen LogP contribution in [0.2, 0.25) is 0 Å². The molecule has 0 radical (unpaired) electrons. The number of benzene rings is 2. The monoisotopic (exact) mass is 440 g/mol. The molecule has 0 aliphatic heterocycles. The van der Waals surface area contributed by atoms with E-state index in [1.54, 1.807) is 6.07 Å². The predicted octanol–water partition coefficient (Wildman–Crippen LogP) is 3.85. The number of unbranched alkanes of at least 4 members (excludes halogenated alkanes) is 9. The Hall–Kier alpha value is -0.850. The molecule has 0 saturated heterocycles. The number of hydrogen-bond acceptors (Lipinski definition) is 4. The van der Waals surface area contributed by atoms with Gasteiger partial charge < -0.3 is 9.29 Å². The Labute approximate surface area is 204 Å². The van der Waals surface area contributed by atoms with Crippen molar-refractivity contribution in [1.29, 1.82) is 0 Å². The van der Waals surface area contributed by atoms with Crippen molar-refractivity contribution < 1.29 is 47.3 Å². The predicted molar refractivity (Wildman–Crippen MR) is 116 cm³/mol. The fraction of sp³-hybridized carbons (Fsp3) is 0.500. The van der Waals surface area contributed by atoms with E-state index in [-0.39, 0.29) is 34.5 Å². The van der Waals surface area contributed by atoms with Gasteiger partial charge in [-0.3, -0.25) is 0 Å². The maximum Gasteiger partial charge on any atom is 1.00 e. The molecule has 0 heterocycles. The van der Waals surface area contributed by atoms with Gasteiger partial charge in [0.1, 0.15) is 21.6 Å². The molecule has 0 saturated carbocycles. The van der Waals surface area contributed by atoms with Crippen molar-refractivity contribution in [2.75, 3.05) is 0 Å². The summed E-state index contributed by atoms with van der Waals surface area (Å²) in [6.07, 6.45) is 14.2. The van der Waals surface area contributed by atoms with Gasteiger partial charge in [0.15, 0.2) is 0 Å². The molecular weight excluding hydrogens is 407 g/mol. The van der Waals surface area contributed by atoms with Gasteiger partial charge in [-0.1, -0.05) is 82.9 Å². The topological polar surface area (TPSA) is 66.4 Å². The second-order valence-electron chi connectivity index (χ2n) is 7.61. The Balaban J connectivity index is 0.00000450. The second kappa shape index (κ2) is 15.0. The number of hydrogen-bond donors (Lipinski definition) is 0. The summed E-state index contributed by atoms with van der Waals surface area (Å²) in [5.74, 6) is 0.994. The van der Waals surface area contributed by atoms with Crippen molar-refractivity contribution >= 4 is 10.1 Å². The SMILES string of the molecule is CCCCCCCCCCCCc1cccc(Oc2cccc(S(=O)(=O)[O-])c2)c1.[Na+]. The third-order valence-corrected chi connectivity index (χ3v) is 5.88. The van der Waals surface area contributed by atoms with Crippen molar-refractivity contribution in [2.24, 2.45) is 0 Å². The summed E-state index contributed by atoms with van der Waals surface area (Å²) in [6, 6.07) is 13.5. The molecule has 2 aromatic carbocycles. The van der Waals surface area contributed by atoms with Gasteiger partial charge in [-0.2, -0.15) is 0 Å². The average Bonchev–Trinajstić information content (AvgIpc) is 2.69. The number of aryl methyl sites for hydroxylation is 1. The van der Waals surface area contributed by atoms with Crippen LogP contribution in [0.1, 0.15) is 76.7 Å². The minimum atomic E-state index is -4.48. The van der Waals surface area contributed by atoms with Crippen LogP contribution in [0, 0.1) is 0 Å². The van der Waals surface area contributed by atoms with Gasteiger partial charge in [0.2, 0.25) is 0 Å². The normalized spacial score (nSPS) is 11.1. The van der Waals surface area contributed by atoms with E-state index in [0.29, 0.717) is 11.5 Å². The summed E-state index contributed by atoms with van der Waals surface area (Å²) < 4.78 is 39.2. The van der Waals surface area contributed by atoms with Crippen molar-refractivity contribution in [3.8, 4) is 11.5 Å². The molecule has 6 heteroatoms. The third-order valence-electron chi connectivity index (χ3n) is 5.05.